The van der Waals surface area contributed by atoms with Crippen molar-refractivity contribution in [2.45, 2.75) is 31.7 Å². The normalized spacial score (nSPS) is 15.8. The van der Waals surface area contributed by atoms with E-state index in [0.29, 0.717) is 17.6 Å². The second kappa shape index (κ2) is 7.78. The van der Waals surface area contributed by atoms with Gasteiger partial charge in [0.25, 0.3) is 11.8 Å². The zero-order valence-electron chi connectivity index (χ0n) is 16.5. The van der Waals surface area contributed by atoms with Gasteiger partial charge in [0.2, 0.25) is 0 Å². The van der Waals surface area contributed by atoms with Crippen molar-refractivity contribution in [3.63, 3.8) is 0 Å². The molecule has 0 atom stereocenters. The summed E-state index contributed by atoms with van der Waals surface area (Å²) in [6, 6.07) is 7.81. The van der Waals surface area contributed by atoms with E-state index in [4.69, 9.17) is 4.74 Å². The summed E-state index contributed by atoms with van der Waals surface area (Å²) >= 11 is 0. The first-order chi connectivity index (χ1) is 15.1. The van der Waals surface area contributed by atoms with Gasteiger partial charge >= 0.3 is 0 Å². The number of halogens is 1. The van der Waals surface area contributed by atoms with Gasteiger partial charge in [0, 0.05) is 12.1 Å². The fraction of sp³-hybridized carbons (Fsp3) is 0.286. The van der Waals surface area contributed by atoms with Crippen LogP contribution in [-0.4, -0.2) is 38.2 Å². The number of amides is 2. The van der Waals surface area contributed by atoms with Gasteiger partial charge in [-0.05, 0) is 31.0 Å². The minimum Gasteiger partial charge on any atom is -0.481 e. The summed E-state index contributed by atoms with van der Waals surface area (Å²) in [5, 5.41) is 13.4. The molecule has 2 aliphatic rings. The van der Waals surface area contributed by atoms with E-state index in [1.54, 1.807) is 24.5 Å². The lowest BCUT2D eigenvalue weighted by Gasteiger charge is -2.19. The lowest BCUT2D eigenvalue weighted by atomic mass is 10.1. The molecule has 2 amide bonds. The summed E-state index contributed by atoms with van der Waals surface area (Å²) < 4.78 is 21.6. The summed E-state index contributed by atoms with van der Waals surface area (Å²) in [6.45, 7) is -0.194. The maximum atomic E-state index is 14.5. The number of hydrogen-bond acceptors (Lipinski definition) is 6. The molecule has 5 rings (SSSR count). The van der Waals surface area contributed by atoms with E-state index in [1.165, 1.54) is 18.9 Å². The topological polar surface area (TPSA) is 111 Å². The third kappa shape index (κ3) is 3.72. The number of aromatic nitrogens is 4. The van der Waals surface area contributed by atoms with Gasteiger partial charge in [-0.1, -0.05) is 18.9 Å². The number of nitrogens with zero attached hydrogens (tertiary/aromatic N) is 4. The van der Waals surface area contributed by atoms with Crippen molar-refractivity contribution in [1.82, 2.24) is 19.7 Å². The molecule has 31 heavy (non-hydrogen) atoms. The van der Waals surface area contributed by atoms with Crippen molar-refractivity contribution >= 4 is 23.3 Å². The zero-order chi connectivity index (χ0) is 21.4. The van der Waals surface area contributed by atoms with Crippen LogP contribution in [0.3, 0.4) is 0 Å². The van der Waals surface area contributed by atoms with Crippen LogP contribution < -0.4 is 15.4 Å². The van der Waals surface area contributed by atoms with Gasteiger partial charge in [-0.3, -0.25) is 9.59 Å². The maximum Gasteiger partial charge on any atom is 0.262 e. The third-order valence-corrected chi connectivity index (χ3v) is 5.46. The van der Waals surface area contributed by atoms with Crippen LogP contribution in [0.15, 0.2) is 36.7 Å². The van der Waals surface area contributed by atoms with Crippen molar-refractivity contribution < 1.29 is 18.7 Å². The number of pyridine rings is 1. The van der Waals surface area contributed by atoms with E-state index in [9.17, 15) is 14.0 Å². The number of benzene rings is 1. The molecule has 1 aliphatic heterocycles. The molecule has 1 aromatic carbocycles. The van der Waals surface area contributed by atoms with E-state index >= 15 is 0 Å². The van der Waals surface area contributed by atoms with Gasteiger partial charge in [-0.15, -0.1) is 10.2 Å². The van der Waals surface area contributed by atoms with Gasteiger partial charge in [-0.25, -0.2) is 9.37 Å². The molecule has 0 bridgehead atoms. The number of hydrogen-bond donors (Lipinski definition) is 2. The Morgan fingerprint density at radius 3 is 2.94 bits per heavy atom. The molecule has 0 saturated heterocycles. The van der Waals surface area contributed by atoms with Gasteiger partial charge in [0.1, 0.15) is 29.4 Å². The first kappa shape index (κ1) is 19.2. The Balaban J connectivity index is 1.39. The van der Waals surface area contributed by atoms with Gasteiger partial charge in [0.05, 0.1) is 11.3 Å². The predicted octanol–water partition coefficient (Wildman–Crippen LogP) is 3.18. The molecule has 2 aromatic heterocycles. The molecule has 0 spiro atoms. The Hall–Kier alpha value is -3.82. The molecule has 1 saturated carbocycles. The molecule has 0 radical (unpaired) electrons. The van der Waals surface area contributed by atoms with Crippen molar-refractivity contribution in [2.24, 2.45) is 0 Å². The molecular formula is C21H19FN6O3. The Morgan fingerprint density at radius 2 is 2.10 bits per heavy atom. The van der Waals surface area contributed by atoms with E-state index in [1.807, 2.05) is 4.57 Å². The number of carbonyl (C=O) groups excluding carboxylic acids is 2. The van der Waals surface area contributed by atoms with Crippen molar-refractivity contribution in [1.29, 1.82) is 0 Å². The number of rotatable bonds is 4. The Labute approximate surface area is 176 Å². The fourth-order valence-corrected chi connectivity index (χ4v) is 3.96. The van der Waals surface area contributed by atoms with Crippen LogP contribution in [-0.2, 0) is 4.79 Å². The molecule has 0 unspecified atom stereocenters. The van der Waals surface area contributed by atoms with Crippen LogP contribution in [0.1, 0.15) is 42.1 Å². The van der Waals surface area contributed by atoms with Gasteiger partial charge < -0.3 is 19.9 Å². The monoisotopic (exact) mass is 422 g/mol. The van der Waals surface area contributed by atoms with Crippen molar-refractivity contribution in [2.75, 3.05) is 17.2 Å². The highest BCUT2D eigenvalue weighted by Gasteiger charge is 2.23. The van der Waals surface area contributed by atoms with E-state index in [2.05, 4.69) is 25.8 Å². The highest BCUT2D eigenvalue weighted by Crippen LogP contribution is 2.33. The predicted molar refractivity (Wildman–Crippen MR) is 109 cm³/mol. The number of ether oxygens (including phenoxy) is 1. The highest BCUT2D eigenvalue weighted by atomic mass is 19.1. The van der Waals surface area contributed by atoms with Crippen molar-refractivity contribution in [3.05, 3.63) is 48.0 Å². The Morgan fingerprint density at radius 1 is 1.26 bits per heavy atom. The average Bonchev–Trinajstić information content (AvgIpc) is 3.45. The fourth-order valence-electron chi connectivity index (χ4n) is 3.96. The van der Waals surface area contributed by atoms with Gasteiger partial charge in [0.15, 0.2) is 12.4 Å². The second-order valence-electron chi connectivity index (χ2n) is 7.53. The third-order valence-electron chi connectivity index (χ3n) is 5.46. The summed E-state index contributed by atoms with van der Waals surface area (Å²) in [5.41, 5.74) is 0.578. The minimum absolute atomic E-state index is 0.181. The molecule has 158 valence electrons. The number of anilines is 2. The standard InChI is InChI=1S/C21H19FN6O3/c22-14-9-17-16(25-19(29)10-31-17)8-13(14)21(30)26-18-7-3-6-15(24-18)20-27-23-11-28(20)12-4-1-2-5-12/h3,6-9,11-12H,1-2,4-5,10H2,(H,25,29)(H,24,26,30). The summed E-state index contributed by atoms with van der Waals surface area (Å²) in [5.74, 6) is -0.763. The number of carbonyl (C=O) groups is 2. The summed E-state index contributed by atoms with van der Waals surface area (Å²) in [4.78, 5) is 28.7. The number of nitrogens with one attached hydrogen (secondary N) is 2. The van der Waals surface area contributed by atoms with E-state index in [-0.39, 0.29) is 35.3 Å². The van der Waals surface area contributed by atoms with Crippen LogP contribution in [0, 0.1) is 5.82 Å². The molecule has 1 aliphatic carbocycles. The molecular weight excluding hydrogens is 403 g/mol. The van der Waals surface area contributed by atoms with Crippen LogP contribution in [0.4, 0.5) is 15.9 Å². The van der Waals surface area contributed by atoms with E-state index in [0.717, 1.165) is 18.9 Å². The van der Waals surface area contributed by atoms with Crippen LogP contribution in [0.2, 0.25) is 0 Å². The average molecular weight is 422 g/mol. The minimum atomic E-state index is -0.760. The number of fused-ring (bicyclic) bond motifs is 1. The smallest absolute Gasteiger partial charge is 0.262 e. The molecule has 2 N–H and O–H groups in total. The highest BCUT2D eigenvalue weighted by molar-refractivity contribution is 6.06. The molecule has 3 heterocycles. The maximum absolute atomic E-state index is 14.5. The van der Waals surface area contributed by atoms with Crippen molar-refractivity contribution in [3.8, 4) is 17.3 Å². The lowest BCUT2D eigenvalue weighted by molar-refractivity contribution is -0.118. The molecule has 3 aromatic rings. The Kier molecular flexibility index (Phi) is 4.81. The molecule has 9 nitrogen and oxygen atoms in total. The summed E-state index contributed by atoms with van der Waals surface area (Å²) in [6.07, 6.45) is 6.18. The SMILES string of the molecule is O=C1COc2cc(F)c(C(=O)Nc3cccc(-c4nncn4C4CCCC4)n3)cc2N1. The van der Waals surface area contributed by atoms with E-state index < -0.39 is 11.7 Å². The Bertz CT molecular complexity index is 1170. The quantitative estimate of drug-likeness (QED) is 0.668. The van der Waals surface area contributed by atoms with Crippen LogP contribution in [0.25, 0.3) is 11.5 Å². The van der Waals surface area contributed by atoms with Crippen LogP contribution >= 0.6 is 0 Å². The van der Waals surface area contributed by atoms with Gasteiger partial charge in [-0.2, -0.15) is 0 Å². The first-order valence-electron chi connectivity index (χ1n) is 10.0. The van der Waals surface area contributed by atoms with Crippen LogP contribution in [0.5, 0.6) is 5.75 Å². The summed E-state index contributed by atoms with van der Waals surface area (Å²) in [7, 11) is 0. The molecule has 10 heteroatoms. The largest absolute Gasteiger partial charge is 0.481 e. The second-order valence-corrected chi connectivity index (χ2v) is 7.53. The molecule has 1 fully saturated rings. The lowest BCUT2D eigenvalue weighted by Crippen LogP contribution is -2.26. The zero-order valence-corrected chi connectivity index (χ0v) is 16.5. The first-order valence-corrected chi connectivity index (χ1v) is 10.0.